The van der Waals surface area contributed by atoms with Crippen molar-refractivity contribution >= 4 is 48.8 Å². The van der Waals surface area contributed by atoms with E-state index in [-0.39, 0.29) is 5.56 Å². The van der Waals surface area contributed by atoms with Crippen LogP contribution in [0.15, 0.2) is 45.2 Å². The SMILES string of the molecule is O=c1c2c3c(sc2ncn1Cc1csc(-c2cccc(Br)c2)n1)CCCC3. The molecular weight excluding hydrogens is 442 g/mol. The zero-order valence-corrected chi connectivity index (χ0v) is 17.7. The summed E-state index contributed by atoms with van der Waals surface area (Å²) in [5, 5.41) is 3.82. The molecule has 7 heteroatoms. The lowest BCUT2D eigenvalue weighted by molar-refractivity contribution is 0.696. The number of hydrogen-bond donors (Lipinski definition) is 0. The van der Waals surface area contributed by atoms with Crippen molar-refractivity contribution in [3.05, 3.63) is 66.9 Å². The standard InChI is InChI=1S/C20H16BrN3OS2/c21-13-5-3-4-12(8-13)18-23-14(10-26-18)9-24-11-22-19-17(20(24)25)15-6-1-2-7-16(15)27-19/h3-5,8,10-11H,1-2,6-7,9H2. The van der Waals surface area contributed by atoms with Crippen LogP contribution in [0.25, 0.3) is 20.8 Å². The first-order valence-corrected chi connectivity index (χ1v) is 11.4. The number of thiophene rings is 1. The van der Waals surface area contributed by atoms with Gasteiger partial charge in [0.2, 0.25) is 0 Å². The largest absolute Gasteiger partial charge is 0.293 e. The molecule has 0 bridgehead atoms. The van der Waals surface area contributed by atoms with Crippen molar-refractivity contribution < 1.29 is 0 Å². The second-order valence-electron chi connectivity index (χ2n) is 6.72. The molecule has 27 heavy (non-hydrogen) atoms. The van der Waals surface area contributed by atoms with Crippen LogP contribution in [0.2, 0.25) is 0 Å². The van der Waals surface area contributed by atoms with Gasteiger partial charge in [0.15, 0.2) is 0 Å². The highest BCUT2D eigenvalue weighted by Crippen LogP contribution is 2.33. The Bertz CT molecular complexity index is 1210. The topological polar surface area (TPSA) is 47.8 Å². The molecule has 0 spiro atoms. The first-order valence-electron chi connectivity index (χ1n) is 8.89. The fraction of sp³-hybridized carbons (Fsp3) is 0.250. The molecule has 4 nitrogen and oxygen atoms in total. The minimum atomic E-state index is 0.0661. The van der Waals surface area contributed by atoms with E-state index in [0.717, 1.165) is 50.2 Å². The fourth-order valence-corrected chi connectivity index (χ4v) is 6.03. The van der Waals surface area contributed by atoms with E-state index in [2.05, 4.69) is 27.0 Å². The van der Waals surface area contributed by atoms with Gasteiger partial charge < -0.3 is 0 Å². The number of benzene rings is 1. The van der Waals surface area contributed by atoms with Gasteiger partial charge in [-0.1, -0.05) is 28.1 Å². The molecule has 0 amide bonds. The lowest BCUT2D eigenvalue weighted by Crippen LogP contribution is -2.21. The number of thiazole rings is 1. The molecule has 0 atom stereocenters. The Morgan fingerprint density at radius 1 is 1.22 bits per heavy atom. The Hall–Kier alpha value is -1.83. The van der Waals surface area contributed by atoms with Gasteiger partial charge in [0.05, 0.1) is 24.0 Å². The van der Waals surface area contributed by atoms with Crippen LogP contribution in [-0.4, -0.2) is 14.5 Å². The molecule has 3 aromatic heterocycles. The Morgan fingerprint density at radius 3 is 3.00 bits per heavy atom. The maximum Gasteiger partial charge on any atom is 0.262 e. The number of fused-ring (bicyclic) bond motifs is 3. The van der Waals surface area contributed by atoms with Crippen LogP contribution in [0.1, 0.15) is 29.0 Å². The highest BCUT2D eigenvalue weighted by Gasteiger charge is 2.20. The molecule has 0 unspecified atom stereocenters. The number of halogens is 1. The van der Waals surface area contributed by atoms with Crippen molar-refractivity contribution in [1.82, 2.24) is 14.5 Å². The highest BCUT2D eigenvalue weighted by atomic mass is 79.9. The first-order chi connectivity index (χ1) is 13.2. The van der Waals surface area contributed by atoms with Crippen molar-refractivity contribution in [1.29, 1.82) is 0 Å². The van der Waals surface area contributed by atoms with Crippen molar-refractivity contribution in [3.8, 4) is 10.6 Å². The molecule has 1 aliphatic carbocycles. The van der Waals surface area contributed by atoms with Gasteiger partial charge in [-0.05, 0) is 43.4 Å². The summed E-state index contributed by atoms with van der Waals surface area (Å²) in [4.78, 5) is 24.6. The normalized spacial score (nSPS) is 13.8. The van der Waals surface area contributed by atoms with Crippen LogP contribution in [0.4, 0.5) is 0 Å². The molecule has 0 N–H and O–H groups in total. The van der Waals surface area contributed by atoms with Gasteiger partial charge in [-0.3, -0.25) is 9.36 Å². The molecule has 5 rings (SSSR count). The van der Waals surface area contributed by atoms with Crippen molar-refractivity contribution in [2.75, 3.05) is 0 Å². The number of nitrogens with zero attached hydrogens (tertiary/aromatic N) is 3. The fourth-order valence-electron chi connectivity index (χ4n) is 3.60. The molecule has 1 aromatic carbocycles. The Kier molecular flexibility index (Phi) is 4.46. The van der Waals surface area contributed by atoms with E-state index < -0.39 is 0 Å². The molecule has 136 valence electrons. The molecule has 0 fully saturated rings. The maximum atomic E-state index is 13.1. The summed E-state index contributed by atoms with van der Waals surface area (Å²) >= 11 is 6.79. The van der Waals surface area contributed by atoms with Gasteiger partial charge in [-0.2, -0.15) is 0 Å². The van der Waals surface area contributed by atoms with Crippen LogP contribution in [0.3, 0.4) is 0 Å². The molecule has 0 saturated heterocycles. The van der Waals surface area contributed by atoms with Gasteiger partial charge in [0.25, 0.3) is 5.56 Å². The smallest absolute Gasteiger partial charge is 0.262 e. The summed E-state index contributed by atoms with van der Waals surface area (Å²) in [6, 6.07) is 8.10. The Balaban J connectivity index is 1.50. The molecule has 0 radical (unpaired) electrons. The molecule has 0 saturated carbocycles. The van der Waals surface area contributed by atoms with Crippen LogP contribution >= 0.6 is 38.6 Å². The number of hydrogen-bond acceptors (Lipinski definition) is 5. The van der Waals surface area contributed by atoms with Crippen molar-refractivity contribution in [2.24, 2.45) is 0 Å². The van der Waals surface area contributed by atoms with E-state index in [1.54, 1.807) is 33.6 Å². The van der Waals surface area contributed by atoms with Crippen molar-refractivity contribution in [3.63, 3.8) is 0 Å². The third kappa shape index (κ3) is 3.17. The predicted octanol–water partition coefficient (Wildman–Crippen LogP) is 5.27. The summed E-state index contributed by atoms with van der Waals surface area (Å²) in [6.45, 7) is 0.455. The zero-order chi connectivity index (χ0) is 18.4. The third-order valence-corrected chi connectivity index (χ3v) is 7.53. The van der Waals surface area contributed by atoms with Crippen LogP contribution in [0.5, 0.6) is 0 Å². The quantitative estimate of drug-likeness (QED) is 0.420. The average Bonchev–Trinajstić information content (AvgIpc) is 3.29. The van der Waals surface area contributed by atoms with E-state index in [1.165, 1.54) is 16.9 Å². The van der Waals surface area contributed by atoms with Gasteiger partial charge in [-0.25, -0.2) is 9.97 Å². The third-order valence-electron chi connectivity index (χ3n) is 4.90. The highest BCUT2D eigenvalue weighted by molar-refractivity contribution is 9.10. The molecule has 0 aliphatic heterocycles. The minimum Gasteiger partial charge on any atom is -0.293 e. The van der Waals surface area contributed by atoms with Gasteiger partial charge in [0.1, 0.15) is 9.84 Å². The second-order valence-corrected chi connectivity index (χ2v) is 9.58. The van der Waals surface area contributed by atoms with E-state index in [0.29, 0.717) is 6.54 Å². The number of aryl methyl sites for hydroxylation is 2. The molecular formula is C20H16BrN3OS2. The average molecular weight is 458 g/mol. The number of aromatic nitrogens is 3. The summed E-state index contributed by atoms with van der Waals surface area (Å²) in [6.07, 6.45) is 6.13. The monoisotopic (exact) mass is 457 g/mol. The van der Waals surface area contributed by atoms with Gasteiger partial charge >= 0.3 is 0 Å². The maximum absolute atomic E-state index is 13.1. The van der Waals surface area contributed by atoms with Gasteiger partial charge in [0, 0.05) is 20.3 Å². The van der Waals surface area contributed by atoms with Crippen LogP contribution < -0.4 is 5.56 Å². The van der Waals surface area contributed by atoms with Gasteiger partial charge in [-0.15, -0.1) is 22.7 Å². The predicted molar refractivity (Wildman–Crippen MR) is 115 cm³/mol. The van der Waals surface area contributed by atoms with E-state index >= 15 is 0 Å². The summed E-state index contributed by atoms with van der Waals surface area (Å²) in [7, 11) is 0. The summed E-state index contributed by atoms with van der Waals surface area (Å²) in [5.74, 6) is 0. The lowest BCUT2D eigenvalue weighted by Gasteiger charge is -2.10. The second kappa shape index (κ2) is 6.96. The van der Waals surface area contributed by atoms with Crippen molar-refractivity contribution in [2.45, 2.75) is 32.2 Å². The molecule has 3 heterocycles. The molecule has 1 aliphatic rings. The van der Waals surface area contributed by atoms with E-state index in [1.807, 2.05) is 23.6 Å². The first kappa shape index (κ1) is 17.3. The van der Waals surface area contributed by atoms with E-state index in [4.69, 9.17) is 4.98 Å². The zero-order valence-electron chi connectivity index (χ0n) is 14.4. The Morgan fingerprint density at radius 2 is 2.11 bits per heavy atom. The Labute approximate surface area is 172 Å². The molecule has 4 aromatic rings. The van der Waals surface area contributed by atoms with E-state index in [9.17, 15) is 4.79 Å². The minimum absolute atomic E-state index is 0.0661. The van der Waals surface area contributed by atoms with Crippen LogP contribution in [0, 0.1) is 0 Å². The summed E-state index contributed by atoms with van der Waals surface area (Å²) in [5.41, 5.74) is 3.27. The lowest BCUT2D eigenvalue weighted by atomic mass is 9.97. The summed E-state index contributed by atoms with van der Waals surface area (Å²) < 4.78 is 2.73. The van der Waals surface area contributed by atoms with Crippen LogP contribution in [-0.2, 0) is 19.4 Å². The number of rotatable bonds is 3.